The highest BCUT2D eigenvalue weighted by atomic mass is 35.5. The van der Waals surface area contributed by atoms with Crippen molar-refractivity contribution in [1.29, 1.82) is 0 Å². The van der Waals surface area contributed by atoms with E-state index in [0.717, 1.165) is 30.7 Å². The fourth-order valence-electron chi connectivity index (χ4n) is 2.52. The summed E-state index contributed by atoms with van der Waals surface area (Å²) in [7, 11) is 2.16. The predicted molar refractivity (Wildman–Crippen MR) is 75.4 cm³/mol. The molecule has 0 aromatic carbocycles. The molecule has 1 saturated heterocycles. The van der Waals surface area contributed by atoms with Crippen molar-refractivity contribution in [3.05, 3.63) is 11.6 Å². The Morgan fingerprint density at radius 2 is 2.32 bits per heavy atom. The number of imidazole rings is 1. The van der Waals surface area contributed by atoms with E-state index < -0.39 is 0 Å². The topological polar surface area (TPSA) is 69.7 Å². The molecule has 2 aromatic rings. The smallest absolute Gasteiger partial charge is 0.226 e. The number of nitrogens with one attached hydrogen (secondary N) is 2. The molecule has 1 aliphatic heterocycles. The molecule has 0 radical (unpaired) electrons. The Bertz CT molecular complexity index is 583. The van der Waals surface area contributed by atoms with Gasteiger partial charge in [0.25, 0.3) is 0 Å². The molecule has 2 atom stereocenters. The first-order chi connectivity index (χ1) is 9.13. The van der Waals surface area contributed by atoms with Crippen LogP contribution in [0.5, 0.6) is 0 Å². The van der Waals surface area contributed by atoms with Gasteiger partial charge in [0.1, 0.15) is 5.52 Å². The summed E-state index contributed by atoms with van der Waals surface area (Å²) in [6.45, 7) is 3.33. The molecule has 0 aliphatic carbocycles. The molecule has 2 N–H and O–H groups in total. The quantitative estimate of drug-likeness (QED) is 0.822. The molecule has 0 amide bonds. The zero-order chi connectivity index (χ0) is 13.4. The number of H-pyrrole nitrogens is 1. The molecule has 19 heavy (non-hydrogen) atoms. The van der Waals surface area contributed by atoms with Crippen LogP contribution in [-0.4, -0.2) is 50.5 Å². The van der Waals surface area contributed by atoms with Crippen molar-refractivity contribution in [1.82, 2.24) is 24.8 Å². The molecule has 1 aliphatic rings. The molecule has 0 bridgehead atoms. The lowest BCUT2D eigenvalue weighted by Gasteiger charge is -2.35. The maximum Gasteiger partial charge on any atom is 0.226 e. The minimum atomic E-state index is 0.225. The Labute approximate surface area is 116 Å². The lowest BCUT2D eigenvalue weighted by molar-refractivity contribution is 0.190. The Morgan fingerprint density at radius 1 is 1.47 bits per heavy atom. The van der Waals surface area contributed by atoms with E-state index in [0.29, 0.717) is 17.7 Å². The van der Waals surface area contributed by atoms with Gasteiger partial charge in [0.2, 0.25) is 5.28 Å². The lowest BCUT2D eigenvalue weighted by atomic mass is 9.99. The minimum absolute atomic E-state index is 0.225. The Morgan fingerprint density at radius 3 is 3.11 bits per heavy atom. The first-order valence-corrected chi connectivity index (χ1v) is 6.84. The molecule has 7 heteroatoms. The molecule has 3 heterocycles. The van der Waals surface area contributed by atoms with Crippen LogP contribution in [0, 0.1) is 0 Å². The van der Waals surface area contributed by atoms with Crippen LogP contribution in [0.2, 0.25) is 5.28 Å². The fraction of sp³-hybridized carbons (Fsp3) is 0.583. The van der Waals surface area contributed by atoms with E-state index >= 15 is 0 Å². The van der Waals surface area contributed by atoms with Crippen LogP contribution in [0.25, 0.3) is 11.2 Å². The van der Waals surface area contributed by atoms with Crippen LogP contribution in [-0.2, 0) is 0 Å². The second-order valence-corrected chi connectivity index (χ2v) is 5.48. The molecular weight excluding hydrogens is 264 g/mol. The van der Waals surface area contributed by atoms with Gasteiger partial charge in [-0.05, 0) is 38.4 Å². The summed E-state index contributed by atoms with van der Waals surface area (Å²) in [5.41, 5.74) is 1.42. The van der Waals surface area contributed by atoms with Crippen LogP contribution < -0.4 is 5.32 Å². The van der Waals surface area contributed by atoms with E-state index in [1.807, 2.05) is 0 Å². The van der Waals surface area contributed by atoms with Crippen molar-refractivity contribution < 1.29 is 0 Å². The third-order valence-electron chi connectivity index (χ3n) is 3.81. The highest BCUT2D eigenvalue weighted by molar-refractivity contribution is 6.28. The van der Waals surface area contributed by atoms with Crippen LogP contribution in [0.15, 0.2) is 6.33 Å². The highest BCUT2D eigenvalue weighted by Crippen LogP contribution is 2.23. The molecule has 6 nitrogen and oxygen atoms in total. The number of fused-ring (bicyclic) bond motifs is 1. The number of aromatic nitrogens is 4. The largest absolute Gasteiger partial charge is 0.365 e. The van der Waals surface area contributed by atoms with E-state index in [2.05, 4.69) is 44.1 Å². The number of likely N-dealkylation sites (tertiary alicyclic amines) is 1. The molecule has 3 rings (SSSR count). The number of hydrogen-bond acceptors (Lipinski definition) is 5. The third-order valence-corrected chi connectivity index (χ3v) is 3.98. The third kappa shape index (κ3) is 2.50. The average Bonchev–Trinajstić information content (AvgIpc) is 2.82. The van der Waals surface area contributed by atoms with Crippen LogP contribution in [0.3, 0.4) is 0 Å². The Kier molecular flexibility index (Phi) is 3.28. The maximum absolute atomic E-state index is 5.93. The van der Waals surface area contributed by atoms with Gasteiger partial charge >= 0.3 is 0 Å². The van der Waals surface area contributed by atoms with Gasteiger partial charge in [-0.25, -0.2) is 4.98 Å². The van der Waals surface area contributed by atoms with Crippen molar-refractivity contribution >= 4 is 28.6 Å². The van der Waals surface area contributed by atoms with E-state index in [4.69, 9.17) is 11.6 Å². The number of aromatic amines is 1. The van der Waals surface area contributed by atoms with Gasteiger partial charge in [0, 0.05) is 18.6 Å². The number of halogens is 1. The molecule has 102 valence electrons. The minimum Gasteiger partial charge on any atom is -0.365 e. The summed E-state index contributed by atoms with van der Waals surface area (Å²) >= 11 is 5.93. The molecule has 2 unspecified atom stereocenters. The zero-order valence-corrected chi connectivity index (χ0v) is 11.8. The fourth-order valence-corrected chi connectivity index (χ4v) is 2.69. The average molecular weight is 281 g/mol. The summed E-state index contributed by atoms with van der Waals surface area (Å²) < 4.78 is 0. The monoisotopic (exact) mass is 280 g/mol. The van der Waals surface area contributed by atoms with E-state index in [-0.39, 0.29) is 5.28 Å². The van der Waals surface area contributed by atoms with E-state index in [1.165, 1.54) is 0 Å². The van der Waals surface area contributed by atoms with Gasteiger partial charge in [-0.2, -0.15) is 9.97 Å². The summed E-state index contributed by atoms with van der Waals surface area (Å²) in [5, 5.41) is 3.69. The normalized spacial score (nSPS) is 24.8. The van der Waals surface area contributed by atoms with E-state index in [1.54, 1.807) is 6.33 Å². The van der Waals surface area contributed by atoms with Crippen LogP contribution >= 0.6 is 11.6 Å². The number of nitrogens with zero attached hydrogens (tertiary/aromatic N) is 4. The predicted octanol–water partition coefficient (Wildman–Crippen LogP) is 1.90. The highest BCUT2D eigenvalue weighted by Gasteiger charge is 2.23. The summed E-state index contributed by atoms with van der Waals surface area (Å²) in [6.07, 6.45) is 3.80. The molecule has 2 aromatic heterocycles. The van der Waals surface area contributed by atoms with Crippen LogP contribution in [0.1, 0.15) is 19.8 Å². The van der Waals surface area contributed by atoms with Crippen molar-refractivity contribution in [2.45, 2.75) is 31.8 Å². The second kappa shape index (κ2) is 4.94. The number of anilines is 1. The Balaban J connectivity index is 1.83. The molecule has 1 fully saturated rings. The van der Waals surface area contributed by atoms with Gasteiger partial charge in [0.15, 0.2) is 11.5 Å². The van der Waals surface area contributed by atoms with Crippen molar-refractivity contribution in [2.75, 3.05) is 18.9 Å². The Hall–Kier alpha value is -1.40. The lowest BCUT2D eigenvalue weighted by Crippen LogP contribution is -2.42. The summed E-state index contributed by atoms with van der Waals surface area (Å²) in [5.74, 6) is 0.745. The van der Waals surface area contributed by atoms with Crippen molar-refractivity contribution in [3.8, 4) is 0 Å². The standard InChI is InChI=1S/C12H17ClN6/c1-7-5-8(3-4-19(7)2)16-11-9-10(15-6-14-9)17-12(13)18-11/h6-8H,3-5H2,1-2H3,(H2,14,15,16,17,18). The zero-order valence-electron chi connectivity index (χ0n) is 11.0. The van der Waals surface area contributed by atoms with Crippen LogP contribution in [0.4, 0.5) is 5.82 Å². The summed E-state index contributed by atoms with van der Waals surface area (Å²) in [6, 6.07) is 0.976. The van der Waals surface area contributed by atoms with E-state index in [9.17, 15) is 0 Å². The van der Waals surface area contributed by atoms with Gasteiger partial charge in [-0.3, -0.25) is 0 Å². The van der Waals surface area contributed by atoms with Crippen molar-refractivity contribution in [2.24, 2.45) is 0 Å². The first-order valence-electron chi connectivity index (χ1n) is 6.47. The van der Waals surface area contributed by atoms with Crippen molar-refractivity contribution in [3.63, 3.8) is 0 Å². The van der Waals surface area contributed by atoms with Gasteiger partial charge in [0.05, 0.1) is 6.33 Å². The molecular formula is C12H17ClN6. The molecule has 0 spiro atoms. The van der Waals surface area contributed by atoms with Gasteiger partial charge in [-0.15, -0.1) is 0 Å². The first kappa shape index (κ1) is 12.6. The number of hydrogen-bond donors (Lipinski definition) is 2. The second-order valence-electron chi connectivity index (χ2n) is 5.14. The SMILES string of the molecule is CC1CC(Nc2nc(Cl)nc3nc[nH]c23)CCN1C. The maximum atomic E-state index is 5.93. The van der Waals surface area contributed by atoms with Gasteiger partial charge < -0.3 is 15.2 Å². The number of piperidine rings is 1. The summed E-state index contributed by atoms with van der Waals surface area (Å²) in [4.78, 5) is 17.9. The molecule has 0 saturated carbocycles. The number of rotatable bonds is 2. The van der Waals surface area contributed by atoms with Gasteiger partial charge in [-0.1, -0.05) is 0 Å².